The Bertz CT molecular complexity index is 757. The molecule has 2 amide bonds. The van der Waals surface area contributed by atoms with Gasteiger partial charge in [0, 0.05) is 24.7 Å². The van der Waals surface area contributed by atoms with Gasteiger partial charge in [-0.05, 0) is 56.7 Å². The van der Waals surface area contributed by atoms with Crippen LogP contribution in [0.25, 0.3) is 0 Å². The Morgan fingerprint density at radius 3 is 2.62 bits per heavy atom. The van der Waals surface area contributed by atoms with Crippen molar-refractivity contribution in [2.45, 2.75) is 63.1 Å². The van der Waals surface area contributed by atoms with Gasteiger partial charge < -0.3 is 15.5 Å². The lowest BCUT2D eigenvalue weighted by Crippen LogP contribution is -2.54. The van der Waals surface area contributed by atoms with Gasteiger partial charge in [-0.1, -0.05) is 12.8 Å². The molecule has 4 atom stereocenters. The first-order chi connectivity index (χ1) is 13.5. The highest BCUT2D eigenvalue weighted by atomic mass is 35.5. The average Bonchev–Trinajstić information content (AvgIpc) is 3.08. The van der Waals surface area contributed by atoms with E-state index >= 15 is 0 Å². The van der Waals surface area contributed by atoms with Crippen LogP contribution in [0, 0.1) is 17.6 Å². The van der Waals surface area contributed by atoms with Crippen molar-refractivity contribution in [1.29, 1.82) is 0 Å². The van der Waals surface area contributed by atoms with Crippen molar-refractivity contribution < 1.29 is 18.4 Å². The fourth-order valence-corrected chi connectivity index (χ4v) is 5.06. The third-order valence-corrected chi connectivity index (χ3v) is 6.43. The second-order valence-electron chi connectivity index (χ2n) is 8.25. The standard InChI is InChI=1S/C21H27F2N3O2.ClH/c22-14-7-8-16(17(23)11-14)21(28)26-18-6-2-1-4-13(18)10-19(26)20(27)25-15-5-3-9-24-12-15;/h7-8,11,13,15,18-19,24H,1-6,9-10,12H2,(H,25,27);1H/t13?,15-,18?,19?;/m0./s1. The smallest absolute Gasteiger partial charge is 0.257 e. The van der Waals surface area contributed by atoms with E-state index < -0.39 is 23.6 Å². The zero-order chi connectivity index (χ0) is 19.7. The van der Waals surface area contributed by atoms with Crippen molar-refractivity contribution in [3.8, 4) is 0 Å². The number of nitrogens with zero attached hydrogens (tertiary/aromatic N) is 1. The van der Waals surface area contributed by atoms with Crippen molar-refractivity contribution in [3.63, 3.8) is 0 Å². The summed E-state index contributed by atoms with van der Waals surface area (Å²) in [5.41, 5.74) is -0.162. The minimum Gasteiger partial charge on any atom is -0.350 e. The van der Waals surface area contributed by atoms with Crippen LogP contribution >= 0.6 is 12.4 Å². The Balaban J connectivity index is 0.00000240. The molecule has 0 bridgehead atoms. The second kappa shape index (κ2) is 9.39. The fraction of sp³-hybridized carbons (Fsp3) is 0.619. The fourth-order valence-electron chi connectivity index (χ4n) is 5.06. The first-order valence-corrected chi connectivity index (χ1v) is 10.3. The lowest BCUT2D eigenvalue weighted by molar-refractivity contribution is -0.126. The molecular weight excluding hydrogens is 400 g/mol. The van der Waals surface area contributed by atoms with Crippen LogP contribution < -0.4 is 10.6 Å². The van der Waals surface area contributed by atoms with Gasteiger partial charge in [0.2, 0.25) is 5.91 Å². The van der Waals surface area contributed by atoms with Crippen LogP contribution in [-0.2, 0) is 4.79 Å². The number of carbonyl (C=O) groups is 2. The summed E-state index contributed by atoms with van der Waals surface area (Å²) in [6.45, 7) is 1.68. The maximum atomic E-state index is 14.3. The number of benzene rings is 1. The normalized spacial score (nSPS) is 29.0. The number of fused-ring (bicyclic) bond motifs is 1. The molecule has 3 aliphatic rings. The van der Waals surface area contributed by atoms with Gasteiger partial charge in [0.25, 0.3) is 5.91 Å². The second-order valence-corrected chi connectivity index (χ2v) is 8.25. The van der Waals surface area contributed by atoms with Gasteiger partial charge in [0.15, 0.2) is 0 Å². The third-order valence-electron chi connectivity index (χ3n) is 6.43. The first kappa shape index (κ1) is 22.0. The third kappa shape index (κ3) is 4.56. The number of halogens is 3. The first-order valence-electron chi connectivity index (χ1n) is 10.3. The van der Waals surface area contributed by atoms with E-state index in [-0.39, 0.29) is 41.9 Å². The predicted molar refractivity (Wildman–Crippen MR) is 108 cm³/mol. The molecule has 8 heteroatoms. The molecule has 1 aromatic rings. The molecule has 2 aliphatic heterocycles. The highest BCUT2D eigenvalue weighted by molar-refractivity contribution is 5.98. The van der Waals surface area contributed by atoms with E-state index in [4.69, 9.17) is 0 Å². The Hall–Kier alpha value is -1.73. The molecule has 0 aromatic heterocycles. The maximum absolute atomic E-state index is 14.3. The van der Waals surface area contributed by atoms with Crippen molar-refractivity contribution in [3.05, 3.63) is 35.4 Å². The minimum absolute atomic E-state index is 0. The number of amides is 2. The molecule has 1 aromatic carbocycles. The van der Waals surface area contributed by atoms with E-state index in [1.165, 1.54) is 6.07 Å². The number of hydrogen-bond donors (Lipinski definition) is 2. The summed E-state index contributed by atoms with van der Waals surface area (Å²) in [5.74, 6) is -1.99. The summed E-state index contributed by atoms with van der Waals surface area (Å²) >= 11 is 0. The number of piperidine rings is 1. The molecule has 0 spiro atoms. The molecule has 29 heavy (non-hydrogen) atoms. The lowest BCUT2D eigenvalue weighted by Gasteiger charge is -2.34. The zero-order valence-electron chi connectivity index (χ0n) is 16.3. The Morgan fingerprint density at radius 2 is 1.90 bits per heavy atom. The number of carbonyl (C=O) groups excluding carboxylic acids is 2. The van der Waals surface area contributed by atoms with Crippen LogP contribution in [0.5, 0.6) is 0 Å². The van der Waals surface area contributed by atoms with E-state index in [2.05, 4.69) is 10.6 Å². The SMILES string of the molecule is Cl.O=C(N[C@H]1CCCNC1)C1CC2CCCCC2N1C(=O)c1ccc(F)cc1F. The molecule has 2 saturated heterocycles. The average molecular weight is 428 g/mol. The van der Waals surface area contributed by atoms with Gasteiger partial charge in [0.1, 0.15) is 17.7 Å². The van der Waals surface area contributed by atoms with Gasteiger partial charge in [-0.2, -0.15) is 0 Å². The van der Waals surface area contributed by atoms with Crippen LogP contribution in [0.3, 0.4) is 0 Å². The molecule has 5 nitrogen and oxygen atoms in total. The van der Waals surface area contributed by atoms with Crippen LogP contribution in [0.15, 0.2) is 18.2 Å². The predicted octanol–water partition coefficient (Wildman–Crippen LogP) is 3.03. The van der Waals surface area contributed by atoms with Crippen LogP contribution in [-0.4, -0.2) is 47.9 Å². The van der Waals surface area contributed by atoms with E-state index in [0.29, 0.717) is 6.42 Å². The lowest BCUT2D eigenvalue weighted by atomic mass is 9.84. The van der Waals surface area contributed by atoms with Crippen molar-refractivity contribution in [2.24, 2.45) is 5.92 Å². The van der Waals surface area contributed by atoms with Crippen LogP contribution in [0.1, 0.15) is 55.3 Å². The highest BCUT2D eigenvalue weighted by Crippen LogP contribution is 2.40. The number of nitrogens with one attached hydrogen (secondary N) is 2. The van der Waals surface area contributed by atoms with E-state index in [0.717, 1.165) is 63.7 Å². The van der Waals surface area contributed by atoms with Gasteiger partial charge in [-0.25, -0.2) is 8.78 Å². The molecule has 3 unspecified atom stereocenters. The largest absolute Gasteiger partial charge is 0.350 e. The van der Waals surface area contributed by atoms with E-state index in [9.17, 15) is 18.4 Å². The molecule has 1 aliphatic carbocycles. The molecule has 0 radical (unpaired) electrons. The van der Waals surface area contributed by atoms with Crippen molar-refractivity contribution in [1.82, 2.24) is 15.5 Å². The Morgan fingerprint density at radius 1 is 1.10 bits per heavy atom. The summed E-state index contributed by atoms with van der Waals surface area (Å²) in [5, 5.41) is 6.35. The van der Waals surface area contributed by atoms with Gasteiger partial charge in [-0.15, -0.1) is 12.4 Å². The molecule has 1 saturated carbocycles. The molecular formula is C21H28ClF2N3O2. The van der Waals surface area contributed by atoms with Gasteiger partial charge >= 0.3 is 0 Å². The van der Waals surface area contributed by atoms with Gasteiger partial charge in [0.05, 0.1) is 5.56 Å². The summed E-state index contributed by atoms with van der Waals surface area (Å²) in [7, 11) is 0. The monoisotopic (exact) mass is 427 g/mol. The minimum atomic E-state index is -0.875. The number of rotatable bonds is 3. The summed E-state index contributed by atoms with van der Waals surface area (Å²) in [6, 6.07) is 2.42. The zero-order valence-corrected chi connectivity index (χ0v) is 17.1. The Kier molecular flexibility index (Phi) is 7.11. The molecule has 2 heterocycles. The molecule has 2 N–H and O–H groups in total. The molecule has 3 fully saturated rings. The van der Waals surface area contributed by atoms with Gasteiger partial charge in [-0.3, -0.25) is 9.59 Å². The summed E-state index contributed by atoms with van der Waals surface area (Å²) < 4.78 is 27.6. The van der Waals surface area contributed by atoms with Crippen LogP contribution in [0.4, 0.5) is 8.78 Å². The van der Waals surface area contributed by atoms with Crippen molar-refractivity contribution >= 4 is 24.2 Å². The van der Waals surface area contributed by atoms with Crippen LogP contribution in [0.2, 0.25) is 0 Å². The topological polar surface area (TPSA) is 61.4 Å². The number of likely N-dealkylation sites (tertiary alicyclic amines) is 1. The highest BCUT2D eigenvalue weighted by Gasteiger charge is 2.48. The van der Waals surface area contributed by atoms with E-state index in [1.54, 1.807) is 4.90 Å². The van der Waals surface area contributed by atoms with Crippen molar-refractivity contribution in [2.75, 3.05) is 13.1 Å². The number of hydrogen-bond acceptors (Lipinski definition) is 3. The summed E-state index contributed by atoms with van der Waals surface area (Å²) in [4.78, 5) is 27.9. The molecule has 160 valence electrons. The van der Waals surface area contributed by atoms with E-state index in [1.807, 2.05) is 0 Å². The maximum Gasteiger partial charge on any atom is 0.257 e. The summed E-state index contributed by atoms with van der Waals surface area (Å²) in [6.07, 6.45) is 6.43. The molecule has 4 rings (SSSR count). The Labute approximate surface area is 176 Å². The quantitative estimate of drug-likeness (QED) is 0.779.